The first-order chi connectivity index (χ1) is 13.2. The Hall–Kier alpha value is -3.36. The Morgan fingerprint density at radius 2 is 1.64 bits per heavy atom. The van der Waals surface area contributed by atoms with Gasteiger partial charge in [-0.15, -0.1) is 0 Å². The zero-order chi connectivity index (χ0) is 20.8. The van der Waals surface area contributed by atoms with E-state index in [4.69, 9.17) is 4.74 Å². The number of ether oxygens (including phenoxy) is 1. The van der Waals surface area contributed by atoms with Gasteiger partial charge >= 0.3 is 5.97 Å². The van der Waals surface area contributed by atoms with Crippen molar-refractivity contribution in [2.75, 3.05) is 23.4 Å². The second kappa shape index (κ2) is 9.03. The molecule has 0 atom stereocenters. The van der Waals surface area contributed by atoms with Crippen molar-refractivity contribution < 1.29 is 32.3 Å². The van der Waals surface area contributed by atoms with Gasteiger partial charge in [0.05, 0.1) is 17.9 Å². The van der Waals surface area contributed by atoms with Gasteiger partial charge in [0.25, 0.3) is 0 Å². The topological polar surface area (TPSA) is 75.7 Å². The molecule has 2 aromatic rings. The molecule has 0 fully saturated rings. The average Bonchev–Trinajstić information content (AvgIpc) is 2.67. The van der Waals surface area contributed by atoms with E-state index in [-0.39, 0.29) is 12.2 Å². The molecular formula is C19H17F3N2O4. The van der Waals surface area contributed by atoms with Crippen LogP contribution in [0.25, 0.3) is 0 Å². The zero-order valence-electron chi connectivity index (χ0n) is 15.1. The number of anilines is 2. The van der Waals surface area contributed by atoms with Crippen LogP contribution < -0.4 is 10.2 Å². The summed E-state index contributed by atoms with van der Waals surface area (Å²) >= 11 is 0. The number of halogens is 3. The molecule has 1 N–H and O–H groups in total. The molecule has 0 radical (unpaired) electrons. The van der Waals surface area contributed by atoms with Gasteiger partial charge in [-0.3, -0.25) is 9.59 Å². The summed E-state index contributed by atoms with van der Waals surface area (Å²) in [6.07, 6.45) is 0. The SMILES string of the molecule is CCOC(=O)c1ccc(N(CC(=O)Nc2ccc(F)c(F)c2F)C(C)=O)cc1. The van der Waals surface area contributed by atoms with Crippen molar-refractivity contribution in [2.45, 2.75) is 13.8 Å². The van der Waals surface area contributed by atoms with Crippen molar-refractivity contribution in [3.05, 3.63) is 59.4 Å². The number of amides is 2. The minimum Gasteiger partial charge on any atom is -0.462 e. The van der Waals surface area contributed by atoms with Gasteiger partial charge in [0.2, 0.25) is 11.8 Å². The molecule has 0 aliphatic carbocycles. The molecule has 0 spiro atoms. The highest BCUT2D eigenvalue weighted by atomic mass is 19.2. The van der Waals surface area contributed by atoms with Gasteiger partial charge < -0.3 is 15.0 Å². The smallest absolute Gasteiger partial charge is 0.338 e. The molecule has 28 heavy (non-hydrogen) atoms. The molecule has 0 saturated heterocycles. The third kappa shape index (κ3) is 4.87. The van der Waals surface area contributed by atoms with Crippen LogP contribution in [0.4, 0.5) is 24.5 Å². The maximum Gasteiger partial charge on any atom is 0.338 e. The largest absolute Gasteiger partial charge is 0.462 e. The lowest BCUT2D eigenvalue weighted by atomic mass is 10.2. The molecule has 6 nitrogen and oxygen atoms in total. The summed E-state index contributed by atoms with van der Waals surface area (Å²) in [5.74, 6) is -6.49. The minimum absolute atomic E-state index is 0.209. The van der Waals surface area contributed by atoms with Gasteiger partial charge in [-0.1, -0.05) is 0 Å². The maximum atomic E-state index is 13.7. The number of nitrogens with one attached hydrogen (secondary N) is 1. The maximum absolute atomic E-state index is 13.7. The van der Waals surface area contributed by atoms with E-state index in [2.05, 4.69) is 5.32 Å². The lowest BCUT2D eigenvalue weighted by molar-refractivity contribution is -0.120. The third-order valence-corrected chi connectivity index (χ3v) is 3.68. The van der Waals surface area contributed by atoms with E-state index in [9.17, 15) is 27.6 Å². The molecule has 0 bridgehead atoms. The van der Waals surface area contributed by atoms with Gasteiger partial charge in [-0.05, 0) is 43.3 Å². The van der Waals surface area contributed by atoms with E-state index in [1.165, 1.54) is 31.2 Å². The first-order valence-electron chi connectivity index (χ1n) is 8.23. The number of nitrogens with zero attached hydrogens (tertiary/aromatic N) is 1. The van der Waals surface area contributed by atoms with E-state index in [0.717, 1.165) is 11.0 Å². The fourth-order valence-electron chi connectivity index (χ4n) is 2.33. The van der Waals surface area contributed by atoms with Gasteiger partial charge in [0, 0.05) is 12.6 Å². The number of hydrogen-bond acceptors (Lipinski definition) is 4. The number of carbonyl (C=O) groups is 3. The number of carbonyl (C=O) groups excluding carboxylic acids is 3. The van der Waals surface area contributed by atoms with Gasteiger partial charge in [0.15, 0.2) is 17.5 Å². The molecule has 9 heteroatoms. The van der Waals surface area contributed by atoms with Crippen LogP contribution in [-0.4, -0.2) is 30.9 Å². The molecule has 0 heterocycles. The van der Waals surface area contributed by atoms with E-state index in [0.29, 0.717) is 11.8 Å². The van der Waals surface area contributed by atoms with Gasteiger partial charge in [0.1, 0.15) is 6.54 Å². The summed E-state index contributed by atoms with van der Waals surface area (Å²) in [4.78, 5) is 36.8. The van der Waals surface area contributed by atoms with Crippen LogP contribution in [0.5, 0.6) is 0 Å². The van der Waals surface area contributed by atoms with Crippen LogP contribution in [-0.2, 0) is 14.3 Å². The standard InChI is InChI=1S/C19H17F3N2O4/c1-3-28-19(27)12-4-6-13(7-5-12)24(11(2)25)10-16(26)23-15-9-8-14(20)17(21)18(15)22/h4-9H,3,10H2,1-2H3,(H,23,26). The lowest BCUT2D eigenvalue weighted by Crippen LogP contribution is -2.36. The molecule has 2 rings (SSSR count). The Bertz CT molecular complexity index is 901. The first kappa shape index (κ1) is 20.9. The quantitative estimate of drug-likeness (QED) is 0.603. The molecule has 0 aromatic heterocycles. The highest BCUT2D eigenvalue weighted by molar-refractivity contribution is 6.02. The summed E-state index contributed by atoms with van der Waals surface area (Å²) < 4.78 is 44.7. The molecule has 0 saturated carbocycles. The van der Waals surface area contributed by atoms with Crippen molar-refractivity contribution >= 4 is 29.2 Å². The lowest BCUT2D eigenvalue weighted by Gasteiger charge is -2.21. The number of hydrogen-bond donors (Lipinski definition) is 1. The Labute approximate surface area is 158 Å². The Kier molecular flexibility index (Phi) is 6.75. The Morgan fingerprint density at radius 1 is 1.00 bits per heavy atom. The second-order valence-corrected chi connectivity index (χ2v) is 5.64. The van der Waals surface area contributed by atoms with E-state index < -0.39 is 47.5 Å². The van der Waals surface area contributed by atoms with Crippen molar-refractivity contribution in [3.63, 3.8) is 0 Å². The molecule has 0 unspecified atom stereocenters. The molecule has 0 aliphatic rings. The van der Waals surface area contributed by atoms with Crippen LogP contribution in [0, 0.1) is 17.5 Å². The van der Waals surface area contributed by atoms with Gasteiger partial charge in [-0.25, -0.2) is 18.0 Å². The van der Waals surface area contributed by atoms with Crippen molar-refractivity contribution in [2.24, 2.45) is 0 Å². The highest BCUT2D eigenvalue weighted by Crippen LogP contribution is 2.20. The summed E-state index contributed by atoms with van der Waals surface area (Å²) in [6, 6.07) is 7.29. The van der Waals surface area contributed by atoms with Crippen LogP contribution in [0.1, 0.15) is 24.2 Å². The van der Waals surface area contributed by atoms with Crippen molar-refractivity contribution in [3.8, 4) is 0 Å². The van der Waals surface area contributed by atoms with E-state index >= 15 is 0 Å². The molecular weight excluding hydrogens is 377 g/mol. The minimum atomic E-state index is -1.71. The number of benzene rings is 2. The normalized spacial score (nSPS) is 10.3. The fraction of sp³-hybridized carbons (Fsp3) is 0.211. The van der Waals surface area contributed by atoms with Crippen molar-refractivity contribution in [1.82, 2.24) is 0 Å². The van der Waals surface area contributed by atoms with Gasteiger partial charge in [-0.2, -0.15) is 0 Å². The highest BCUT2D eigenvalue weighted by Gasteiger charge is 2.19. The Morgan fingerprint density at radius 3 is 2.21 bits per heavy atom. The molecule has 2 amide bonds. The first-order valence-corrected chi connectivity index (χ1v) is 8.23. The molecule has 148 valence electrons. The van der Waals surface area contributed by atoms with Crippen LogP contribution in [0.2, 0.25) is 0 Å². The number of esters is 1. The van der Waals surface area contributed by atoms with E-state index in [1.54, 1.807) is 6.92 Å². The van der Waals surface area contributed by atoms with Crippen LogP contribution in [0.15, 0.2) is 36.4 Å². The van der Waals surface area contributed by atoms with E-state index in [1.807, 2.05) is 0 Å². The summed E-state index contributed by atoms with van der Waals surface area (Å²) in [5.41, 5.74) is 0.0222. The van der Waals surface area contributed by atoms with Crippen LogP contribution >= 0.6 is 0 Å². The third-order valence-electron chi connectivity index (χ3n) is 3.68. The monoisotopic (exact) mass is 394 g/mol. The second-order valence-electron chi connectivity index (χ2n) is 5.64. The Balaban J connectivity index is 2.14. The predicted molar refractivity (Wildman–Crippen MR) is 95.4 cm³/mol. The zero-order valence-corrected chi connectivity index (χ0v) is 15.1. The van der Waals surface area contributed by atoms with Crippen LogP contribution in [0.3, 0.4) is 0 Å². The summed E-state index contributed by atoms with van der Waals surface area (Å²) in [5, 5.41) is 2.09. The van der Waals surface area contributed by atoms with Crippen molar-refractivity contribution in [1.29, 1.82) is 0 Å². The summed E-state index contributed by atoms with van der Waals surface area (Å²) in [6.45, 7) is 2.58. The predicted octanol–water partition coefficient (Wildman–Crippen LogP) is 3.27. The molecule has 0 aliphatic heterocycles. The molecule has 2 aromatic carbocycles. The number of rotatable bonds is 6. The summed E-state index contributed by atoms with van der Waals surface area (Å²) in [7, 11) is 0. The fourth-order valence-corrected chi connectivity index (χ4v) is 2.33. The average molecular weight is 394 g/mol.